The highest BCUT2D eigenvalue weighted by molar-refractivity contribution is 5.86. The largest absolute Gasteiger partial charge is 0.513 e. The topological polar surface area (TPSA) is 95.6 Å². The average molecular weight is 519 g/mol. The first-order chi connectivity index (χ1) is 19.2. The molecule has 0 spiro atoms. The van der Waals surface area contributed by atoms with E-state index in [1.807, 2.05) is 77.6 Å². The van der Waals surface area contributed by atoms with Gasteiger partial charge in [-0.05, 0) is 36.2 Å². The van der Waals surface area contributed by atoms with Gasteiger partial charge in [-0.1, -0.05) is 60.7 Å². The third kappa shape index (κ3) is 5.15. The number of nitrogens with one attached hydrogen (secondary N) is 1. The third-order valence-electron chi connectivity index (χ3n) is 6.40. The zero-order valence-electron chi connectivity index (χ0n) is 21.3. The molecule has 0 saturated heterocycles. The zero-order valence-corrected chi connectivity index (χ0v) is 21.3. The van der Waals surface area contributed by atoms with Gasteiger partial charge in [0.05, 0.1) is 31.1 Å². The van der Waals surface area contributed by atoms with Crippen LogP contribution in [0.15, 0.2) is 97.6 Å². The van der Waals surface area contributed by atoms with Crippen LogP contribution in [0, 0.1) is 0 Å². The first-order valence-electron chi connectivity index (χ1n) is 12.7. The molecule has 0 unspecified atom stereocenters. The number of hydrogen-bond acceptors (Lipinski definition) is 7. The summed E-state index contributed by atoms with van der Waals surface area (Å²) in [6.45, 7) is 2.65. The fourth-order valence-corrected chi connectivity index (χ4v) is 4.62. The van der Waals surface area contributed by atoms with E-state index in [4.69, 9.17) is 9.47 Å². The molecule has 0 bridgehead atoms. The molecule has 3 heterocycles. The number of anilines is 2. The van der Waals surface area contributed by atoms with Gasteiger partial charge in [-0.25, -0.2) is 14.3 Å². The van der Waals surface area contributed by atoms with Crippen molar-refractivity contribution in [3.8, 4) is 5.75 Å². The molecule has 1 N–H and O–H groups in total. The molecule has 0 aliphatic carbocycles. The van der Waals surface area contributed by atoms with Crippen molar-refractivity contribution >= 4 is 34.1 Å². The van der Waals surface area contributed by atoms with E-state index in [0.29, 0.717) is 30.0 Å². The summed E-state index contributed by atoms with van der Waals surface area (Å²) in [7, 11) is 0. The molecule has 0 aliphatic heterocycles. The Bertz CT molecular complexity index is 1750. The normalized spacial score (nSPS) is 11.1. The molecule has 6 rings (SSSR count). The number of hydrogen-bond donors (Lipinski definition) is 1. The number of carbonyl (C=O) groups is 1. The third-order valence-corrected chi connectivity index (χ3v) is 6.40. The van der Waals surface area contributed by atoms with Crippen LogP contribution in [0.5, 0.6) is 5.75 Å². The molecular formula is C30H26N6O3. The van der Waals surface area contributed by atoms with Gasteiger partial charge in [0.15, 0.2) is 11.6 Å². The van der Waals surface area contributed by atoms with Crippen molar-refractivity contribution < 1.29 is 14.3 Å². The van der Waals surface area contributed by atoms with Crippen LogP contribution in [0.25, 0.3) is 16.4 Å². The van der Waals surface area contributed by atoms with Gasteiger partial charge in [-0.3, -0.25) is 4.68 Å². The predicted molar refractivity (Wildman–Crippen MR) is 148 cm³/mol. The number of ether oxygens (including phenoxy) is 2. The van der Waals surface area contributed by atoms with Gasteiger partial charge in [0.2, 0.25) is 0 Å². The Morgan fingerprint density at radius 2 is 1.72 bits per heavy atom. The van der Waals surface area contributed by atoms with Gasteiger partial charge in [-0.2, -0.15) is 10.2 Å². The van der Waals surface area contributed by atoms with Crippen molar-refractivity contribution in [2.45, 2.75) is 19.9 Å². The minimum absolute atomic E-state index is 0.219. The summed E-state index contributed by atoms with van der Waals surface area (Å²) in [6.07, 6.45) is 4.76. The van der Waals surface area contributed by atoms with E-state index in [-0.39, 0.29) is 6.61 Å². The first kappa shape index (κ1) is 24.2. The fourth-order valence-electron chi connectivity index (χ4n) is 4.62. The molecule has 0 amide bonds. The maximum Gasteiger partial charge on any atom is 0.513 e. The van der Waals surface area contributed by atoms with Crippen LogP contribution < -0.4 is 10.1 Å². The van der Waals surface area contributed by atoms with Crippen LogP contribution in [0.2, 0.25) is 0 Å². The number of rotatable bonds is 8. The lowest BCUT2D eigenvalue weighted by atomic mass is 10.1. The zero-order chi connectivity index (χ0) is 26.6. The highest BCUT2D eigenvalue weighted by Crippen LogP contribution is 2.33. The number of aromatic nitrogens is 5. The average Bonchev–Trinajstić information content (AvgIpc) is 3.51. The summed E-state index contributed by atoms with van der Waals surface area (Å²) in [4.78, 5) is 16.7. The van der Waals surface area contributed by atoms with E-state index in [1.165, 1.54) is 11.9 Å². The Labute approximate surface area is 224 Å². The number of nitrogens with zero attached hydrogens (tertiary/aromatic N) is 5. The molecule has 3 aromatic carbocycles. The lowest BCUT2D eigenvalue weighted by Crippen LogP contribution is -2.10. The summed E-state index contributed by atoms with van der Waals surface area (Å²) >= 11 is 0. The van der Waals surface area contributed by atoms with E-state index in [1.54, 1.807) is 17.6 Å². The van der Waals surface area contributed by atoms with Crippen LogP contribution in [0.1, 0.15) is 23.6 Å². The Morgan fingerprint density at radius 3 is 2.49 bits per heavy atom. The molecular weight excluding hydrogens is 492 g/mol. The van der Waals surface area contributed by atoms with Gasteiger partial charge in [0.25, 0.3) is 0 Å². The maximum absolute atomic E-state index is 12.2. The number of carbonyl (C=O) groups excluding carboxylic acids is 1. The minimum Gasteiger partial charge on any atom is -0.434 e. The van der Waals surface area contributed by atoms with Crippen molar-refractivity contribution in [3.05, 3.63) is 114 Å². The minimum atomic E-state index is -0.761. The van der Waals surface area contributed by atoms with E-state index in [0.717, 1.165) is 27.7 Å². The summed E-state index contributed by atoms with van der Waals surface area (Å²) in [5, 5.41) is 13.4. The summed E-state index contributed by atoms with van der Waals surface area (Å²) in [5.41, 5.74) is 5.61. The molecule has 39 heavy (non-hydrogen) atoms. The van der Waals surface area contributed by atoms with Crippen LogP contribution >= 0.6 is 0 Å². The second-order valence-corrected chi connectivity index (χ2v) is 9.01. The van der Waals surface area contributed by atoms with Gasteiger partial charge < -0.3 is 14.8 Å². The molecule has 9 heteroatoms. The Kier molecular flexibility index (Phi) is 6.61. The predicted octanol–water partition coefficient (Wildman–Crippen LogP) is 6.00. The fraction of sp³-hybridized carbons (Fsp3) is 0.133. The summed E-state index contributed by atoms with van der Waals surface area (Å²) in [6, 6.07) is 26.3. The van der Waals surface area contributed by atoms with Gasteiger partial charge in [0, 0.05) is 23.1 Å². The second kappa shape index (κ2) is 10.7. The van der Waals surface area contributed by atoms with Crippen molar-refractivity contribution in [1.29, 1.82) is 0 Å². The molecule has 9 nitrogen and oxygen atoms in total. The molecule has 0 radical (unpaired) electrons. The van der Waals surface area contributed by atoms with E-state index in [2.05, 4.69) is 32.6 Å². The molecule has 0 atom stereocenters. The van der Waals surface area contributed by atoms with Crippen molar-refractivity contribution in [1.82, 2.24) is 24.4 Å². The quantitative estimate of drug-likeness (QED) is 0.247. The monoisotopic (exact) mass is 518 g/mol. The van der Waals surface area contributed by atoms with Crippen molar-refractivity contribution in [2.24, 2.45) is 0 Å². The van der Waals surface area contributed by atoms with Crippen LogP contribution in [-0.4, -0.2) is 37.1 Å². The Morgan fingerprint density at radius 1 is 0.949 bits per heavy atom. The van der Waals surface area contributed by atoms with Crippen LogP contribution in [0.3, 0.4) is 0 Å². The van der Waals surface area contributed by atoms with Crippen LogP contribution in [0.4, 0.5) is 16.3 Å². The van der Waals surface area contributed by atoms with Crippen molar-refractivity contribution in [3.63, 3.8) is 0 Å². The van der Waals surface area contributed by atoms with Gasteiger partial charge in [0.1, 0.15) is 11.8 Å². The summed E-state index contributed by atoms with van der Waals surface area (Å²) < 4.78 is 14.2. The molecule has 194 valence electrons. The summed E-state index contributed by atoms with van der Waals surface area (Å²) in [5.74, 6) is 0.962. The van der Waals surface area contributed by atoms with E-state index >= 15 is 0 Å². The van der Waals surface area contributed by atoms with Gasteiger partial charge >= 0.3 is 6.16 Å². The standard InChI is InChI=1S/C30H26N6O3/c1-2-38-30(37)39-27-19-36-28(25(27)15-21-9-5-3-6-10-21)29(31-20-33-36)34-24-13-14-26-23(16-24)17-32-35(26)18-22-11-7-4-8-12-22/h3-14,16-17,19-20H,2,15,18H2,1H3,(H,31,33,34). The van der Waals surface area contributed by atoms with E-state index < -0.39 is 6.16 Å². The SMILES string of the molecule is CCOC(=O)Oc1cn2ncnc(Nc3ccc4c(cnn4Cc4ccccc4)c3)c2c1Cc1ccccc1. The first-order valence-corrected chi connectivity index (χ1v) is 12.7. The Balaban J connectivity index is 1.35. The van der Waals surface area contributed by atoms with Crippen LogP contribution in [-0.2, 0) is 17.7 Å². The lowest BCUT2D eigenvalue weighted by molar-refractivity contribution is 0.104. The Hall–Kier alpha value is -5.18. The lowest BCUT2D eigenvalue weighted by Gasteiger charge is -2.10. The smallest absolute Gasteiger partial charge is 0.434 e. The molecule has 0 saturated carbocycles. The number of fused-ring (bicyclic) bond motifs is 2. The van der Waals surface area contributed by atoms with E-state index in [9.17, 15) is 4.79 Å². The van der Waals surface area contributed by atoms with Crippen molar-refractivity contribution in [2.75, 3.05) is 11.9 Å². The van der Waals surface area contributed by atoms with Gasteiger partial charge in [-0.15, -0.1) is 0 Å². The molecule has 0 aliphatic rings. The molecule has 3 aromatic heterocycles. The number of benzene rings is 3. The maximum atomic E-state index is 12.2. The highest BCUT2D eigenvalue weighted by Gasteiger charge is 2.21. The highest BCUT2D eigenvalue weighted by atomic mass is 16.7. The molecule has 6 aromatic rings. The second-order valence-electron chi connectivity index (χ2n) is 9.01. The molecule has 0 fully saturated rings.